The van der Waals surface area contributed by atoms with Gasteiger partial charge in [-0.2, -0.15) is 0 Å². The Hall–Kier alpha value is -1.75. The third-order valence-electron chi connectivity index (χ3n) is 3.35. The second kappa shape index (κ2) is 5.93. The third kappa shape index (κ3) is 3.29. The van der Waals surface area contributed by atoms with Crippen molar-refractivity contribution in [2.24, 2.45) is 0 Å². The van der Waals surface area contributed by atoms with Gasteiger partial charge in [-0.25, -0.2) is 0 Å². The lowest BCUT2D eigenvalue weighted by Gasteiger charge is -2.11. The van der Waals surface area contributed by atoms with E-state index in [1.165, 1.54) is 9.26 Å². The van der Waals surface area contributed by atoms with E-state index in [-0.39, 0.29) is 0 Å². The zero-order valence-electron chi connectivity index (χ0n) is 12.0. The number of furan rings is 1. The minimum atomic E-state index is 0.878. The largest absolute Gasteiger partial charge is 0.457 e. The number of halogens is 1. The molecule has 0 aliphatic rings. The van der Waals surface area contributed by atoms with Crippen LogP contribution < -0.4 is 4.90 Å². The summed E-state index contributed by atoms with van der Waals surface area (Å²) < 4.78 is 7.03. The molecule has 3 aromatic rings. The van der Waals surface area contributed by atoms with E-state index in [2.05, 4.69) is 76.0 Å². The molecule has 0 atom stereocenters. The van der Waals surface area contributed by atoms with Gasteiger partial charge in [0, 0.05) is 28.7 Å². The summed E-state index contributed by atoms with van der Waals surface area (Å²) >= 11 is 2.31. The summed E-state index contributed by atoms with van der Waals surface area (Å²) in [6.45, 7) is 0. The molecule has 1 aromatic heterocycles. The molecule has 21 heavy (non-hydrogen) atoms. The Bertz CT molecular complexity index is 785. The zero-order chi connectivity index (χ0) is 14.8. The van der Waals surface area contributed by atoms with Crippen LogP contribution in [0.5, 0.6) is 0 Å². The molecule has 1 heterocycles. The number of fused-ring (bicyclic) bond motifs is 1. The minimum absolute atomic E-state index is 0.878. The van der Waals surface area contributed by atoms with Crippen molar-refractivity contribution in [2.75, 3.05) is 19.0 Å². The molecule has 2 aromatic carbocycles. The third-order valence-corrected chi connectivity index (χ3v) is 4.02. The highest BCUT2D eigenvalue weighted by molar-refractivity contribution is 14.1. The van der Waals surface area contributed by atoms with Crippen molar-refractivity contribution in [3.05, 3.63) is 63.4 Å². The summed E-state index contributed by atoms with van der Waals surface area (Å²) in [6, 6.07) is 16.7. The van der Waals surface area contributed by atoms with Gasteiger partial charge < -0.3 is 9.32 Å². The van der Waals surface area contributed by atoms with Gasteiger partial charge in [-0.1, -0.05) is 18.2 Å². The molecule has 2 nitrogen and oxygen atoms in total. The lowest BCUT2D eigenvalue weighted by atomic mass is 10.2. The highest BCUT2D eigenvalue weighted by Crippen LogP contribution is 2.23. The first-order chi connectivity index (χ1) is 10.1. The normalized spacial score (nSPS) is 11.4. The molecule has 0 aliphatic carbocycles. The molecule has 106 valence electrons. The predicted molar refractivity (Wildman–Crippen MR) is 98.6 cm³/mol. The highest BCUT2D eigenvalue weighted by Gasteiger charge is 2.01. The number of nitrogens with zero attached hydrogens (tertiary/aromatic N) is 1. The van der Waals surface area contributed by atoms with E-state index in [4.69, 9.17) is 4.42 Å². The first-order valence-corrected chi connectivity index (χ1v) is 7.84. The van der Waals surface area contributed by atoms with E-state index in [0.717, 1.165) is 22.3 Å². The Labute approximate surface area is 138 Å². The first-order valence-electron chi connectivity index (χ1n) is 6.76. The van der Waals surface area contributed by atoms with Gasteiger partial charge >= 0.3 is 0 Å². The van der Waals surface area contributed by atoms with E-state index in [1.807, 2.05) is 26.2 Å². The summed E-state index contributed by atoms with van der Waals surface area (Å²) in [7, 11) is 4.08. The topological polar surface area (TPSA) is 16.4 Å². The van der Waals surface area contributed by atoms with Gasteiger partial charge in [-0.05, 0) is 70.6 Å². The molecule has 0 aliphatic heterocycles. The number of anilines is 1. The van der Waals surface area contributed by atoms with Crippen molar-refractivity contribution in [3.8, 4) is 0 Å². The molecule has 3 heteroatoms. The maximum atomic E-state index is 5.81. The second-order valence-corrected chi connectivity index (χ2v) is 6.40. The molecule has 0 spiro atoms. The number of hydrogen-bond acceptors (Lipinski definition) is 2. The van der Waals surface area contributed by atoms with Crippen LogP contribution >= 0.6 is 22.6 Å². The molecular weight excluding hydrogens is 373 g/mol. The molecule has 0 N–H and O–H groups in total. The smallest absolute Gasteiger partial charge is 0.134 e. The van der Waals surface area contributed by atoms with E-state index >= 15 is 0 Å². The number of hydrogen-bond donors (Lipinski definition) is 0. The van der Waals surface area contributed by atoms with Crippen LogP contribution in [0.4, 0.5) is 5.69 Å². The quantitative estimate of drug-likeness (QED) is 0.568. The van der Waals surface area contributed by atoms with Gasteiger partial charge in [0.25, 0.3) is 0 Å². The van der Waals surface area contributed by atoms with Crippen LogP contribution in [0.15, 0.2) is 52.9 Å². The van der Waals surface area contributed by atoms with Crippen LogP contribution in [0.25, 0.3) is 23.1 Å². The Morgan fingerprint density at radius 2 is 1.71 bits per heavy atom. The molecule has 0 unspecified atom stereocenters. The van der Waals surface area contributed by atoms with Crippen molar-refractivity contribution >= 4 is 51.4 Å². The second-order valence-electron chi connectivity index (χ2n) is 5.15. The fraction of sp³-hybridized carbons (Fsp3) is 0.111. The summed E-state index contributed by atoms with van der Waals surface area (Å²) in [6.07, 6.45) is 4.08. The van der Waals surface area contributed by atoms with Crippen LogP contribution in [-0.2, 0) is 0 Å². The Morgan fingerprint density at radius 3 is 2.43 bits per heavy atom. The van der Waals surface area contributed by atoms with Crippen LogP contribution in [-0.4, -0.2) is 14.1 Å². The maximum absolute atomic E-state index is 5.81. The Morgan fingerprint density at radius 1 is 0.952 bits per heavy atom. The standard InChI is InChI=1S/C18H16INO/c1-20(2)16-7-3-13(4-8-16)5-9-17-12-14-11-15(19)6-10-18(14)21-17/h3-12H,1-2H3. The first kappa shape index (κ1) is 14.2. The maximum Gasteiger partial charge on any atom is 0.134 e. The van der Waals surface area contributed by atoms with Crippen molar-refractivity contribution in [1.82, 2.24) is 0 Å². The summed E-state index contributed by atoms with van der Waals surface area (Å²) in [5.74, 6) is 0.878. The van der Waals surface area contributed by atoms with Crippen molar-refractivity contribution in [3.63, 3.8) is 0 Å². The Balaban J connectivity index is 1.83. The summed E-state index contributed by atoms with van der Waals surface area (Å²) in [4.78, 5) is 2.09. The average molecular weight is 389 g/mol. The lowest BCUT2D eigenvalue weighted by molar-refractivity contribution is 0.604. The van der Waals surface area contributed by atoms with Crippen LogP contribution in [0.2, 0.25) is 0 Å². The zero-order valence-corrected chi connectivity index (χ0v) is 14.2. The van der Waals surface area contributed by atoms with E-state index in [0.29, 0.717) is 0 Å². The van der Waals surface area contributed by atoms with Crippen LogP contribution in [0.3, 0.4) is 0 Å². The number of rotatable bonds is 3. The summed E-state index contributed by atoms with van der Waals surface area (Å²) in [5.41, 5.74) is 3.29. The van der Waals surface area contributed by atoms with Gasteiger partial charge in [0.15, 0.2) is 0 Å². The Kier molecular flexibility index (Phi) is 4.01. The van der Waals surface area contributed by atoms with Gasteiger partial charge in [0.2, 0.25) is 0 Å². The average Bonchev–Trinajstić information content (AvgIpc) is 2.87. The van der Waals surface area contributed by atoms with Gasteiger partial charge in [-0.15, -0.1) is 0 Å². The molecule has 3 rings (SSSR count). The van der Waals surface area contributed by atoms with Crippen LogP contribution in [0, 0.1) is 3.57 Å². The van der Waals surface area contributed by atoms with E-state index < -0.39 is 0 Å². The lowest BCUT2D eigenvalue weighted by Crippen LogP contribution is -2.07. The van der Waals surface area contributed by atoms with Crippen LogP contribution in [0.1, 0.15) is 11.3 Å². The van der Waals surface area contributed by atoms with Gasteiger partial charge in [0.1, 0.15) is 11.3 Å². The monoisotopic (exact) mass is 389 g/mol. The molecule has 0 fully saturated rings. The van der Waals surface area contributed by atoms with Crippen molar-refractivity contribution in [2.45, 2.75) is 0 Å². The van der Waals surface area contributed by atoms with Gasteiger partial charge in [-0.3, -0.25) is 0 Å². The molecule has 0 saturated carbocycles. The van der Waals surface area contributed by atoms with Crippen molar-refractivity contribution < 1.29 is 4.42 Å². The molecular formula is C18H16INO. The van der Waals surface area contributed by atoms with Crippen molar-refractivity contribution in [1.29, 1.82) is 0 Å². The molecule has 0 saturated heterocycles. The number of benzene rings is 2. The molecule has 0 radical (unpaired) electrons. The fourth-order valence-electron chi connectivity index (χ4n) is 2.18. The van der Waals surface area contributed by atoms with E-state index in [1.54, 1.807) is 0 Å². The molecule has 0 amide bonds. The van der Waals surface area contributed by atoms with E-state index in [9.17, 15) is 0 Å². The minimum Gasteiger partial charge on any atom is -0.457 e. The highest BCUT2D eigenvalue weighted by atomic mass is 127. The summed E-state index contributed by atoms with van der Waals surface area (Å²) in [5, 5.41) is 1.14. The predicted octanol–water partition coefficient (Wildman–Crippen LogP) is 5.27. The SMILES string of the molecule is CN(C)c1ccc(C=Cc2cc3cc(I)ccc3o2)cc1. The fourth-order valence-corrected chi connectivity index (χ4v) is 2.69. The molecule has 0 bridgehead atoms. The van der Waals surface area contributed by atoms with Gasteiger partial charge in [0.05, 0.1) is 0 Å².